The molecule has 2 atom stereocenters. The molecule has 0 fully saturated rings. The third-order valence-electron chi connectivity index (χ3n) is 5.22. The van der Waals surface area contributed by atoms with E-state index in [2.05, 4.69) is 10.6 Å². The van der Waals surface area contributed by atoms with Gasteiger partial charge < -0.3 is 20.5 Å². The van der Waals surface area contributed by atoms with Crippen molar-refractivity contribution in [2.24, 2.45) is 0 Å². The van der Waals surface area contributed by atoms with Gasteiger partial charge in [-0.25, -0.2) is 9.18 Å². The van der Waals surface area contributed by atoms with Gasteiger partial charge in [0.2, 0.25) is 11.8 Å². The third-order valence-corrected chi connectivity index (χ3v) is 5.22. The molecular weight excluding hydrogens is 451 g/mol. The molecule has 0 aliphatic heterocycles. The number of nitrogens with one attached hydrogen (secondary N) is 2. The zero-order chi connectivity index (χ0) is 25.2. The number of ether oxygens (including phenoxy) is 1. The summed E-state index contributed by atoms with van der Waals surface area (Å²) in [7, 11) is 0. The summed E-state index contributed by atoms with van der Waals surface area (Å²) in [6.07, 6.45) is 0.0225. The molecule has 7 nitrogen and oxygen atoms in total. The Labute approximate surface area is 202 Å². The fraction of sp³-hybridized carbons (Fsp3) is 0.222. The van der Waals surface area contributed by atoms with E-state index in [9.17, 15) is 23.9 Å². The molecule has 0 spiro atoms. The van der Waals surface area contributed by atoms with Gasteiger partial charge in [0.25, 0.3) is 0 Å². The van der Waals surface area contributed by atoms with Crippen molar-refractivity contribution >= 4 is 17.8 Å². The van der Waals surface area contributed by atoms with Gasteiger partial charge in [0.15, 0.2) is 0 Å². The zero-order valence-electron chi connectivity index (χ0n) is 19.2. The minimum Gasteiger partial charge on any atom is -0.489 e. The second kappa shape index (κ2) is 12.3. The van der Waals surface area contributed by atoms with Crippen molar-refractivity contribution < 1.29 is 28.6 Å². The van der Waals surface area contributed by atoms with E-state index in [4.69, 9.17) is 4.74 Å². The fourth-order valence-corrected chi connectivity index (χ4v) is 3.57. The Bertz CT molecular complexity index is 1170. The highest BCUT2D eigenvalue weighted by molar-refractivity contribution is 5.90. The molecule has 35 heavy (non-hydrogen) atoms. The molecule has 0 aromatic heterocycles. The molecule has 3 aromatic rings. The summed E-state index contributed by atoms with van der Waals surface area (Å²) in [4.78, 5) is 36.4. The van der Waals surface area contributed by atoms with Gasteiger partial charge >= 0.3 is 5.97 Å². The summed E-state index contributed by atoms with van der Waals surface area (Å²) in [6, 6.07) is 20.0. The van der Waals surface area contributed by atoms with E-state index in [1.807, 2.05) is 30.3 Å². The predicted octanol–water partition coefficient (Wildman–Crippen LogP) is 3.26. The van der Waals surface area contributed by atoms with E-state index in [0.717, 1.165) is 5.56 Å². The Morgan fingerprint density at radius 3 is 2.11 bits per heavy atom. The second-order valence-electron chi connectivity index (χ2n) is 8.11. The molecule has 0 saturated carbocycles. The van der Waals surface area contributed by atoms with Gasteiger partial charge in [-0.05, 0) is 41.0 Å². The molecular formula is C27H27FN2O5. The van der Waals surface area contributed by atoms with Crippen LogP contribution in [-0.4, -0.2) is 35.0 Å². The predicted molar refractivity (Wildman–Crippen MR) is 128 cm³/mol. The van der Waals surface area contributed by atoms with Crippen LogP contribution in [0.15, 0.2) is 78.9 Å². The van der Waals surface area contributed by atoms with Crippen LogP contribution in [0.4, 0.5) is 4.39 Å². The summed E-state index contributed by atoms with van der Waals surface area (Å²) in [5, 5.41) is 14.7. The average Bonchev–Trinajstić information content (AvgIpc) is 2.82. The maximum Gasteiger partial charge on any atom is 0.326 e. The summed E-state index contributed by atoms with van der Waals surface area (Å²) in [6.45, 7) is 1.61. The number of rotatable bonds is 11. The highest BCUT2D eigenvalue weighted by Gasteiger charge is 2.26. The molecule has 0 bridgehead atoms. The molecule has 0 aliphatic carbocycles. The van der Waals surface area contributed by atoms with Crippen LogP contribution < -0.4 is 15.4 Å². The number of hydrogen-bond donors (Lipinski definition) is 3. The van der Waals surface area contributed by atoms with Crippen LogP contribution in [0.3, 0.4) is 0 Å². The molecule has 3 rings (SSSR count). The lowest BCUT2D eigenvalue weighted by atomic mass is 10.0. The smallest absolute Gasteiger partial charge is 0.326 e. The summed E-state index contributed by atoms with van der Waals surface area (Å²) in [5.74, 6) is -2.25. The Kier molecular flexibility index (Phi) is 8.95. The lowest BCUT2D eigenvalue weighted by Gasteiger charge is -2.21. The zero-order valence-corrected chi connectivity index (χ0v) is 19.2. The van der Waals surface area contributed by atoms with Crippen LogP contribution >= 0.6 is 0 Å². The molecule has 3 N–H and O–H groups in total. The van der Waals surface area contributed by atoms with Crippen molar-refractivity contribution in [3.05, 3.63) is 101 Å². The van der Waals surface area contributed by atoms with Crippen LogP contribution in [0.25, 0.3) is 0 Å². The molecule has 0 heterocycles. The monoisotopic (exact) mass is 478 g/mol. The number of hydrogen-bond acceptors (Lipinski definition) is 4. The van der Waals surface area contributed by atoms with Gasteiger partial charge in [-0.1, -0.05) is 54.6 Å². The first kappa shape index (κ1) is 25.4. The van der Waals surface area contributed by atoms with E-state index in [0.29, 0.717) is 23.5 Å². The molecule has 0 aliphatic rings. The highest BCUT2D eigenvalue weighted by atomic mass is 19.1. The third kappa shape index (κ3) is 8.26. The number of carboxylic acid groups (broad SMARTS) is 1. The Morgan fingerprint density at radius 1 is 0.829 bits per heavy atom. The van der Waals surface area contributed by atoms with Crippen LogP contribution in [0.5, 0.6) is 5.75 Å². The average molecular weight is 479 g/mol. The molecule has 0 radical (unpaired) electrons. The maximum absolute atomic E-state index is 13.5. The van der Waals surface area contributed by atoms with E-state index >= 15 is 0 Å². The van der Waals surface area contributed by atoms with Crippen molar-refractivity contribution in [1.29, 1.82) is 0 Å². The summed E-state index contributed by atoms with van der Waals surface area (Å²) >= 11 is 0. The summed E-state index contributed by atoms with van der Waals surface area (Å²) in [5.41, 5.74) is 2.15. The molecule has 0 unspecified atom stereocenters. The Hall–Kier alpha value is -4.20. The maximum atomic E-state index is 13.5. The molecule has 8 heteroatoms. The van der Waals surface area contributed by atoms with E-state index in [1.165, 1.54) is 25.1 Å². The van der Waals surface area contributed by atoms with Crippen molar-refractivity contribution in [3.63, 3.8) is 0 Å². The second-order valence-corrected chi connectivity index (χ2v) is 8.11. The lowest BCUT2D eigenvalue weighted by molar-refractivity contribution is -0.142. The van der Waals surface area contributed by atoms with E-state index in [1.54, 1.807) is 30.3 Å². The van der Waals surface area contributed by atoms with Crippen molar-refractivity contribution in [2.45, 2.75) is 38.5 Å². The molecule has 182 valence electrons. The lowest BCUT2D eigenvalue weighted by Crippen LogP contribution is -2.52. The van der Waals surface area contributed by atoms with Crippen molar-refractivity contribution in [1.82, 2.24) is 10.6 Å². The Balaban J connectivity index is 1.67. The number of carbonyl (C=O) groups is 3. The number of carbonyl (C=O) groups excluding carboxylic acids is 2. The summed E-state index contributed by atoms with van der Waals surface area (Å²) < 4.78 is 19.3. The van der Waals surface area contributed by atoms with Gasteiger partial charge in [-0.2, -0.15) is 0 Å². The van der Waals surface area contributed by atoms with E-state index in [-0.39, 0.29) is 12.8 Å². The topological polar surface area (TPSA) is 105 Å². The van der Waals surface area contributed by atoms with Crippen LogP contribution in [-0.2, 0) is 33.8 Å². The number of amides is 2. The van der Waals surface area contributed by atoms with Gasteiger partial charge in [0.1, 0.15) is 30.3 Å². The number of carboxylic acids is 1. The number of aliphatic carboxylic acids is 1. The van der Waals surface area contributed by atoms with Gasteiger partial charge in [-0.15, -0.1) is 0 Å². The fourth-order valence-electron chi connectivity index (χ4n) is 3.57. The SMILES string of the molecule is CC(=O)N[C@H](Cc1cccc(F)c1)C(=O)N[C@H](Cc1cccc(OCc2ccccc2)c1)C(=O)O. The number of benzene rings is 3. The van der Waals surface area contributed by atoms with Gasteiger partial charge in [-0.3, -0.25) is 9.59 Å². The van der Waals surface area contributed by atoms with Gasteiger partial charge in [0.05, 0.1) is 0 Å². The minimum absolute atomic E-state index is 0.0103. The van der Waals surface area contributed by atoms with E-state index < -0.39 is 35.7 Å². The van der Waals surface area contributed by atoms with Crippen molar-refractivity contribution in [3.8, 4) is 5.75 Å². The minimum atomic E-state index is -1.24. The first-order chi connectivity index (χ1) is 16.8. The first-order valence-corrected chi connectivity index (χ1v) is 11.1. The first-order valence-electron chi connectivity index (χ1n) is 11.1. The normalized spacial score (nSPS) is 12.3. The number of halogens is 1. The largest absolute Gasteiger partial charge is 0.489 e. The quantitative estimate of drug-likeness (QED) is 0.392. The van der Waals surface area contributed by atoms with Gasteiger partial charge in [0, 0.05) is 19.8 Å². The molecule has 2 amide bonds. The standard InChI is InChI=1S/C27H27FN2O5/c1-18(31)29-24(15-20-9-5-11-22(28)13-20)26(32)30-25(27(33)34)16-21-10-6-12-23(14-21)35-17-19-7-3-2-4-8-19/h2-14,24-25H,15-17H2,1H3,(H,29,31)(H,30,32)(H,33,34)/t24-,25-/m1/s1. The highest BCUT2D eigenvalue weighted by Crippen LogP contribution is 2.17. The van der Waals surface area contributed by atoms with Crippen LogP contribution in [0, 0.1) is 5.82 Å². The van der Waals surface area contributed by atoms with Crippen LogP contribution in [0.2, 0.25) is 0 Å². The molecule has 0 saturated heterocycles. The Morgan fingerprint density at radius 2 is 1.46 bits per heavy atom. The molecule has 3 aromatic carbocycles. The van der Waals surface area contributed by atoms with Crippen LogP contribution in [0.1, 0.15) is 23.6 Å². The van der Waals surface area contributed by atoms with Crippen molar-refractivity contribution in [2.75, 3.05) is 0 Å².